The first-order valence-corrected chi connectivity index (χ1v) is 6.26. The van der Waals surface area contributed by atoms with E-state index in [1.807, 2.05) is 31.1 Å². The van der Waals surface area contributed by atoms with Crippen molar-refractivity contribution in [1.29, 1.82) is 0 Å². The average molecular weight is 252 g/mol. The number of ether oxygens (including phenoxy) is 1. The molecule has 1 aromatic rings. The predicted molar refractivity (Wildman–Crippen MR) is 67.2 cm³/mol. The number of hydrogen-bond acceptors (Lipinski definition) is 4. The summed E-state index contributed by atoms with van der Waals surface area (Å²) in [5.74, 6) is 0.100. The van der Waals surface area contributed by atoms with Crippen LogP contribution in [-0.2, 0) is 9.53 Å². The summed E-state index contributed by atoms with van der Waals surface area (Å²) in [5.41, 5.74) is 0. The Hall–Kier alpha value is -1.40. The molecule has 18 heavy (non-hydrogen) atoms. The van der Waals surface area contributed by atoms with E-state index in [4.69, 9.17) is 4.74 Å². The number of carbonyl (C=O) groups is 1. The van der Waals surface area contributed by atoms with Crippen molar-refractivity contribution in [1.82, 2.24) is 20.0 Å². The van der Waals surface area contributed by atoms with Gasteiger partial charge in [-0.05, 0) is 20.0 Å². The lowest BCUT2D eigenvalue weighted by atomic mass is 10.2. The predicted octanol–water partition coefficient (Wildman–Crippen LogP) is -0.109. The Balaban J connectivity index is 1.96. The van der Waals surface area contributed by atoms with Crippen molar-refractivity contribution in [2.24, 2.45) is 0 Å². The molecule has 0 bridgehead atoms. The maximum atomic E-state index is 12.3. The molecule has 2 unspecified atom stereocenters. The van der Waals surface area contributed by atoms with Crippen LogP contribution in [0, 0.1) is 0 Å². The zero-order valence-corrected chi connectivity index (χ0v) is 10.9. The number of likely N-dealkylation sites (N-methyl/N-ethyl adjacent to an activating group) is 1. The highest BCUT2D eigenvalue weighted by Gasteiger charge is 2.27. The highest BCUT2D eigenvalue weighted by atomic mass is 16.5. The first-order chi connectivity index (χ1) is 8.72. The number of carbonyl (C=O) groups excluding carboxylic acids is 1. The third-order valence-corrected chi connectivity index (χ3v) is 3.16. The van der Waals surface area contributed by atoms with Crippen molar-refractivity contribution in [2.45, 2.75) is 19.1 Å². The minimum absolute atomic E-state index is 0.0810. The number of hydrogen-bond donors (Lipinski definition) is 1. The smallest absolute Gasteiger partial charge is 0.247 e. The van der Waals surface area contributed by atoms with E-state index >= 15 is 0 Å². The molecule has 1 aliphatic rings. The van der Waals surface area contributed by atoms with Crippen LogP contribution in [0.1, 0.15) is 13.0 Å². The van der Waals surface area contributed by atoms with Gasteiger partial charge in [-0.3, -0.25) is 9.48 Å². The minimum Gasteiger partial charge on any atom is -0.373 e. The van der Waals surface area contributed by atoms with E-state index in [0.717, 1.165) is 6.54 Å². The van der Waals surface area contributed by atoms with Crippen LogP contribution in [0.5, 0.6) is 0 Å². The summed E-state index contributed by atoms with van der Waals surface area (Å²) in [7, 11) is 1.89. The van der Waals surface area contributed by atoms with Gasteiger partial charge in [-0.15, -0.1) is 0 Å². The molecule has 6 heteroatoms. The molecule has 1 saturated heterocycles. The lowest BCUT2D eigenvalue weighted by Gasteiger charge is -2.34. The van der Waals surface area contributed by atoms with Gasteiger partial charge in [-0.1, -0.05) is 0 Å². The Labute approximate surface area is 107 Å². The molecule has 0 aliphatic carbocycles. The van der Waals surface area contributed by atoms with Crippen LogP contribution >= 0.6 is 0 Å². The van der Waals surface area contributed by atoms with Gasteiger partial charge in [0.2, 0.25) is 5.91 Å². The van der Waals surface area contributed by atoms with E-state index in [1.54, 1.807) is 10.9 Å². The number of nitrogens with zero attached hydrogens (tertiary/aromatic N) is 3. The lowest BCUT2D eigenvalue weighted by molar-refractivity contribution is -0.141. The van der Waals surface area contributed by atoms with Gasteiger partial charge in [-0.2, -0.15) is 5.10 Å². The second-order valence-electron chi connectivity index (χ2n) is 4.50. The van der Waals surface area contributed by atoms with Crippen molar-refractivity contribution in [3.05, 3.63) is 18.5 Å². The van der Waals surface area contributed by atoms with Crippen LogP contribution < -0.4 is 5.32 Å². The van der Waals surface area contributed by atoms with Gasteiger partial charge in [0.25, 0.3) is 0 Å². The van der Waals surface area contributed by atoms with Gasteiger partial charge in [-0.25, -0.2) is 0 Å². The maximum Gasteiger partial charge on any atom is 0.247 e. The number of rotatable bonds is 4. The molecule has 0 aromatic carbocycles. The minimum atomic E-state index is -0.256. The van der Waals surface area contributed by atoms with Crippen LogP contribution in [0.2, 0.25) is 0 Å². The van der Waals surface area contributed by atoms with E-state index in [9.17, 15) is 4.79 Å². The molecule has 2 atom stereocenters. The van der Waals surface area contributed by atoms with Crippen LogP contribution in [0.4, 0.5) is 0 Å². The van der Waals surface area contributed by atoms with Crippen LogP contribution in [0.15, 0.2) is 18.5 Å². The van der Waals surface area contributed by atoms with Gasteiger partial charge >= 0.3 is 0 Å². The van der Waals surface area contributed by atoms with E-state index in [1.165, 1.54) is 0 Å². The third kappa shape index (κ3) is 2.88. The summed E-state index contributed by atoms with van der Waals surface area (Å²) in [5, 5.41) is 7.19. The molecule has 1 aliphatic heterocycles. The molecular weight excluding hydrogens is 232 g/mol. The Morgan fingerprint density at radius 2 is 2.50 bits per heavy atom. The third-order valence-electron chi connectivity index (χ3n) is 3.16. The van der Waals surface area contributed by atoms with E-state index in [2.05, 4.69) is 10.4 Å². The molecule has 2 rings (SSSR count). The Morgan fingerprint density at radius 1 is 1.67 bits per heavy atom. The second kappa shape index (κ2) is 5.97. The zero-order chi connectivity index (χ0) is 13.0. The molecule has 100 valence electrons. The van der Waals surface area contributed by atoms with Gasteiger partial charge in [0.15, 0.2) is 0 Å². The van der Waals surface area contributed by atoms with Crippen molar-refractivity contribution in [3.8, 4) is 0 Å². The molecule has 2 heterocycles. The first kappa shape index (κ1) is 13.0. The summed E-state index contributed by atoms with van der Waals surface area (Å²) < 4.78 is 7.28. The van der Waals surface area contributed by atoms with Gasteiger partial charge in [0.05, 0.1) is 12.7 Å². The number of nitrogens with one attached hydrogen (secondary N) is 1. The van der Waals surface area contributed by atoms with Gasteiger partial charge in [0, 0.05) is 32.0 Å². The van der Waals surface area contributed by atoms with Crippen molar-refractivity contribution in [3.63, 3.8) is 0 Å². The zero-order valence-electron chi connectivity index (χ0n) is 10.9. The summed E-state index contributed by atoms with van der Waals surface area (Å²) in [6.07, 6.45) is 3.58. The van der Waals surface area contributed by atoms with Crippen LogP contribution in [0.25, 0.3) is 0 Å². The van der Waals surface area contributed by atoms with E-state index in [0.29, 0.717) is 19.7 Å². The summed E-state index contributed by atoms with van der Waals surface area (Å²) in [6, 6.07) is 1.57. The van der Waals surface area contributed by atoms with Gasteiger partial charge in [0.1, 0.15) is 6.04 Å². The maximum absolute atomic E-state index is 12.3. The van der Waals surface area contributed by atoms with Crippen molar-refractivity contribution in [2.75, 3.05) is 33.3 Å². The normalized spacial score (nSPS) is 21.9. The molecule has 1 N–H and O–H groups in total. The molecular formula is C12H20N4O2. The summed E-state index contributed by atoms with van der Waals surface area (Å²) >= 11 is 0. The number of amides is 1. The number of aromatic nitrogens is 2. The Morgan fingerprint density at radius 3 is 3.17 bits per heavy atom. The van der Waals surface area contributed by atoms with Crippen molar-refractivity contribution >= 4 is 5.91 Å². The highest BCUT2D eigenvalue weighted by molar-refractivity contribution is 5.80. The fraction of sp³-hybridized carbons (Fsp3) is 0.667. The van der Waals surface area contributed by atoms with Crippen molar-refractivity contribution < 1.29 is 9.53 Å². The molecule has 0 radical (unpaired) electrons. The topological polar surface area (TPSA) is 59.4 Å². The van der Waals surface area contributed by atoms with Gasteiger partial charge < -0.3 is 15.0 Å². The SMILES string of the molecule is CNCC1CN(C(=O)C(C)n2cccn2)CCO1. The molecule has 6 nitrogen and oxygen atoms in total. The summed E-state index contributed by atoms with van der Waals surface area (Å²) in [6.45, 7) is 4.54. The molecule has 1 aromatic heterocycles. The quantitative estimate of drug-likeness (QED) is 0.812. The molecule has 0 saturated carbocycles. The second-order valence-corrected chi connectivity index (χ2v) is 4.50. The standard InChI is InChI=1S/C12H20N4O2/c1-10(16-5-3-4-14-16)12(17)15-6-7-18-11(9-15)8-13-2/h3-5,10-11,13H,6-9H2,1-2H3. The Kier molecular flexibility index (Phi) is 4.33. The lowest BCUT2D eigenvalue weighted by Crippen LogP contribution is -2.50. The first-order valence-electron chi connectivity index (χ1n) is 6.26. The summed E-state index contributed by atoms with van der Waals surface area (Å²) in [4.78, 5) is 14.2. The number of morpholine rings is 1. The largest absolute Gasteiger partial charge is 0.373 e. The van der Waals surface area contributed by atoms with E-state index < -0.39 is 0 Å². The van der Waals surface area contributed by atoms with E-state index in [-0.39, 0.29) is 18.1 Å². The molecule has 1 amide bonds. The molecule has 0 spiro atoms. The van der Waals surface area contributed by atoms with Crippen LogP contribution in [-0.4, -0.2) is 60.0 Å². The fourth-order valence-electron chi connectivity index (χ4n) is 2.16. The molecule has 1 fully saturated rings. The Bertz CT molecular complexity index is 377. The average Bonchev–Trinajstić information content (AvgIpc) is 2.91. The monoisotopic (exact) mass is 252 g/mol. The van der Waals surface area contributed by atoms with Crippen LogP contribution in [0.3, 0.4) is 0 Å². The highest BCUT2D eigenvalue weighted by Crippen LogP contribution is 2.12. The fourth-order valence-corrected chi connectivity index (χ4v) is 2.16.